The fraction of sp³-hybridized carbons (Fsp3) is 0.304. The summed E-state index contributed by atoms with van der Waals surface area (Å²) in [5.41, 5.74) is 1.03. The van der Waals surface area contributed by atoms with Crippen LogP contribution in [0.3, 0.4) is 0 Å². The molecule has 1 aromatic heterocycles. The van der Waals surface area contributed by atoms with E-state index in [9.17, 15) is 13.2 Å². The molecule has 4 rings (SSSR count). The highest BCUT2D eigenvalue weighted by Crippen LogP contribution is 2.24. The lowest BCUT2D eigenvalue weighted by atomic mass is 10.3. The molecular formula is C23H27N5O3S2. The van der Waals surface area contributed by atoms with E-state index >= 15 is 0 Å². The Hall–Kier alpha value is -2.95. The molecule has 0 radical (unpaired) electrons. The van der Waals surface area contributed by atoms with Gasteiger partial charge in [0, 0.05) is 50.5 Å². The molecular weight excluding hydrogens is 458 g/mol. The first-order valence-electron chi connectivity index (χ1n) is 10.7. The first-order chi connectivity index (χ1) is 15.9. The largest absolute Gasteiger partial charge is 0.347 e. The number of thiazole rings is 1. The Morgan fingerprint density at radius 1 is 1.09 bits per heavy atom. The van der Waals surface area contributed by atoms with E-state index in [1.807, 2.05) is 17.6 Å². The number of carbonyl (C=O) groups excluding carboxylic acids is 1. The molecule has 1 aliphatic rings. The summed E-state index contributed by atoms with van der Waals surface area (Å²) in [5.74, 6) is -0.163. The van der Waals surface area contributed by atoms with E-state index in [4.69, 9.17) is 0 Å². The molecule has 1 saturated heterocycles. The number of nitrogens with zero attached hydrogens (tertiary/aromatic N) is 4. The highest BCUT2D eigenvalue weighted by molar-refractivity contribution is 7.92. The van der Waals surface area contributed by atoms with Gasteiger partial charge in [0.05, 0.1) is 17.1 Å². The Labute approximate surface area is 198 Å². The molecule has 33 heavy (non-hydrogen) atoms. The minimum absolute atomic E-state index is 0.125. The summed E-state index contributed by atoms with van der Waals surface area (Å²) >= 11 is 1.62. The van der Waals surface area contributed by atoms with Crippen molar-refractivity contribution < 1.29 is 13.2 Å². The molecule has 8 nitrogen and oxygen atoms in total. The van der Waals surface area contributed by atoms with Crippen LogP contribution in [0, 0.1) is 0 Å². The van der Waals surface area contributed by atoms with Crippen molar-refractivity contribution in [2.75, 3.05) is 54.3 Å². The normalized spacial score (nSPS) is 15.1. The van der Waals surface area contributed by atoms with Crippen molar-refractivity contribution in [3.8, 4) is 0 Å². The van der Waals surface area contributed by atoms with Crippen LogP contribution in [0.5, 0.6) is 0 Å². The van der Waals surface area contributed by atoms with Crippen molar-refractivity contribution in [2.24, 2.45) is 0 Å². The molecule has 0 unspecified atom stereocenters. The van der Waals surface area contributed by atoms with E-state index in [0.29, 0.717) is 11.4 Å². The summed E-state index contributed by atoms with van der Waals surface area (Å²) in [4.78, 5) is 21.6. The summed E-state index contributed by atoms with van der Waals surface area (Å²) in [5, 5.41) is 5.84. The second kappa shape index (κ2) is 10.3. The predicted octanol–water partition coefficient (Wildman–Crippen LogP) is 3.12. The van der Waals surface area contributed by atoms with Gasteiger partial charge >= 0.3 is 0 Å². The Kier molecular flexibility index (Phi) is 7.26. The highest BCUT2D eigenvalue weighted by atomic mass is 32.2. The van der Waals surface area contributed by atoms with Crippen LogP contribution in [0.1, 0.15) is 6.42 Å². The molecule has 0 atom stereocenters. The van der Waals surface area contributed by atoms with Crippen molar-refractivity contribution in [1.29, 1.82) is 0 Å². The van der Waals surface area contributed by atoms with Crippen molar-refractivity contribution in [3.63, 3.8) is 0 Å². The fourth-order valence-electron chi connectivity index (χ4n) is 3.77. The lowest BCUT2D eigenvalue weighted by Crippen LogP contribution is -2.36. The van der Waals surface area contributed by atoms with Gasteiger partial charge < -0.3 is 10.2 Å². The van der Waals surface area contributed by atoms with Gasteiger partial charge in [0.1, 0.15) is 0 Å². The molecule has 2 aromatic carbocycles. The maximum absolute atomic E-state index is 13.0. The summed E-state index contributed by atoms with van der Waals surface area (Å²) in [7, 11) is -2.23. The third kappa shape index (κ3) is 5.70. The zero-order valence-corrected chi connectivity index (χ0v) is 20.1. The van der Waals surface area contributed by atoms with Gasteiger partial charge in [0.25, 0.3) is 10.0 Å². The standard InChI is InChI=1S/C23H27N5O3S2/c1-26(20-8-3-2-4-9-20)33(30,31)21-10-5-7-19(17-21)25-22(29)18-27-12-6-13-28(15-14-27)23-24-11-16-32-23/h2-5,7-11,16-17H,6,12-15,18H2,1H3,(H,25,29). The summed E-state index contributed by atoms with van der Waals surface area (Å²) in [6.07, 6.45) is 2.76. The van der Waals surface area contributed by atoms with Crippen molar-refractivity contribution >= 4 is 43.8 Å². The van der Waals surface area contributed by atoms with Crippen LogP contribution in [-0.2, 0) is 14.8 Å². The first kappa shape index (κ1) is 23.2. The maximum atomic E-state index is 13.0. The van der Waals surface area contributed by atoms with Crippen LogP contribution in [0.15, 0.2) is 71.1 Å². The van der Waals surface area contributed by atoms with Crippen LogP contribution in [-0.4, -0.2) is 64.0 Å². The molecule has 1 aliphatic heterocycles. The third-order valence-corrected chi connectivity index (χ3v) is 8.16. The van der Waals surface area contributed by atoms with Crippen molar-refractivity contribution in [1.82, 2.24) is 9.88 Å². The molecule has 0 spiro atoms. The lowest BCUT2D eigenvalue weighted by Gasteiger charge is -2.21. The summed E-state index contributed by atoms with van der Waals surface area (Å²) in [6.45, 7) is 3.59. The summed E-state index contributed by atoms with van der Waals surface area (Å²) < 4.78 is 27.3. The fourth-order valence-corrected chi connectivity index (χ4v) is 5.70. The molecule has 1 fully saturated rings. The Balaban J connectivity index is 1.37. The number of carbonyl (C=O) groups is 1. The Morgan fingerprint density at radius 2 is 1.91 bits per heavy atom. The van der Waals surface area contributed by atoms with Gasteiger partial charge in [-0.05, 0) is 36.8 Å². The van der Waals surface area contributed by atoms with Crippen LogP contribution in [0.4, 0.5) is 16.5 Å². The van der Waals surface area contributed by atoms with E-state index in [2.05, 4.69) is 20.1 Å². The number of hydrogen-bond acceptors (Lipinski definition) is 7. The zero-order chi connectivity index (χ0) is 23.3. The lowest BCUT2D eigenvalue weighted by molar-refractivity contribution is -0.117. The summed E-state index contributed by atoms with van der Waals surface area (Å²) in [6, 6.07) is 15.3. The predicted molar refractivity (Wildman–Crippen MR) is 132 cm³/mol. The van der Waals surface area contributed by atoms with E-state index in [1.54, 1.807) is 47.7 Å². The number of amides is 1. The van der Waals surface area contributed by atoms with Gasteiger partial charge in [-0.25, -0.2) is 13.4 Å². The number of aromatic nitrogens is 1. The molecule has 1 N–H and O–H groups in total. The van der Waals surface area contributed by atoms with Gasteiger partial charge in [0.2, 0.25) is 5.91 Å². The number of para-hydroxylation sites is 1. The first-order valence-corrected chi connectivity index (χ1v) is 13.1. The van der Waals surface area contributed by atoms with Crippen LogP contribution in [0.25, 0.3) is 0 Å². The third-order valence-electron chi connectivity index (χ3n) is 5.54. The van der Waals surface area contributed by atoms with Crippen LogP contribution in [0.2, 0.25) is 0 Å². The number of rotatable bonds is 7. The van der Waals surface area contributed by atoms with Gasteiger partial charge in [-0.1, -0.05) is 24.3 Å². The van der Waals surface area contributed by atoms with E-state index < -0.39 is 10.0 Å². The number of hydrogen-bond donors (Lipinski definition) is 1. The topological polar surface area (TPSA) is 85.8 Å². The van der Waals surface area contributed by atoms with Crippen LogP contribution < -0.4 is 14.5 Å². The molecule has 174 valence electrons. The van der Waals surface area contributed by atoms with Gasteiger partial charge in [-0.15, -0.1) is 11.3 Å². The molecule has 2 heterocycles. The molecule has 0 aliphatic carbocycles. The number of nitrogens with one attached hydrogen (secondary N) is 1. The van der Waals surface area contributed by atoms with E-state index in [1.165, 1.54) is 23.5 Å². The minimum Gasteiger partial charge on any atom is -0.347 e. The zero-order valence-electron chi connectivity index (χ0n) is 18.4. The number of sulfonamides is 1. The van der Waals surface area contributed by atoms with Crippen molar-refractivity contribution in [2.45, 2.75) is 11.3 Å². The van der Waals surface area contributed by atoms with Crippen LogP contribution >= 0.6 is 11.3 Å². The Morgan fingerprint density at radius 3 is 2.67 bits per heavy atom. The number of anilines is 3. The SMILES string of the molecule is CN(c1ccccc1)S(=O)(=O)c1cccc(NC(=O)CN2CCCN(c3nccs3)CC2)c1. The number of benzene rings is 2. The molecule has 1 amide bonds. The second-order valence-corrected chi connectivity index (χ2v) is 10.7. The molecule has 0 bridgehead atoms. The highest BCUT2D eigenvalue weighted by Gasteiger charge is 2.22. The van der Waals surface area contributed by atoms with Gasteiger partial charge in [0.15, 0.2) is 5.13 Å². The quantitative estimate of drug-likeness (QED) is 0.554. The molecule has 0 saturated carbocycles. The maximum Gasteiger partial charge on any atom is 0.264 e. The average molecular weight is 486 g/mol. The van der Waals surface area contributed by atoms with E-state index in [0.717, 1.165) is 37.7 Å². The van der Waals surface area contributed by atoms with E-state index in [-0.39, 0.29) is 17.3 Å². The molecule has 3 aromatic rings. The molecule has 10 heteroatoms. The Bertz CT molecular complexity index is 1170. The minimum atomic E-state index is -3.75. The van der Waals surface area contributed by atoms with Gasteiger partial charge in [-0.3, -0.25) is 14.0 Å². The average Bonchev–Trinajstić information content (AvgIpc) is 3.26. The smallest absolute Gasteiger partial charge is 0.264 e. The van der Waals surface area contributed by atoms with Gasteiger partial charge in [-0.2, -0.15) is 0 Å². The van der Waals surface area contributed by atoms with Crippen molar-refractivity contribution in [3.05, 3.63) is 66.2 Å². The second-order valence-electron chi connectivity index (χ2n) is 7.82. The monoisotopic (exact) mass is 485 g/mol.